The summed E-state index contributed by atoms with van der Waals surface area (Å²) >= 11 is 12.4. The third-order valence-corrected chi connectivity index (χ3v) is 5.39. The SMILES string of the molecule is FC(F)(F)c1cccc(N2N=C(c3ccc(Cl)cc3)C[C@@H]2c2ccccc2Cl)c1. The maximum absolute atomic E-state index is 13.2. The summed E-state index contributed by atoms with van der Waals surface area (Å²) in [5, 5.41) is 7.42. The first-order valence-electron chi connectivity index (χ1n) is 8.87. The first-order chi connectivity index (χ1) is 13.8. The molecule has 29 heavy (non-hydrogen) atoms. The predicted octanol–water partition coefficient (Wildman–Crippen LogP) is 7.37. The van der Waals surface area contributed by atoms with Gasteiger partial charge in [-0.3, -0.25) is 5.01 Å². The molecule has 0 aromatic heterocycles. The van der Waals surface area contributed by atoms with Crippen molar-refractivity contribution in [3.8, 4) is 0 Å². The molecule has 0 saturated heterocycles. The molecule has 0 fully saturated rings. The highest BCUT2D eigenvalue weighted by Crippen LogP contribution is 2.41. The number of hydrogen-bond donors (Lipinski definition) is 0. The summed E-state index contributed by atoms with van der Waals surface area (Å²) in [5.41, 5.74) is 2.06. The van der Waals surface area contributed by atoms with Crippen LogP contribution >= 0.6 is 23.2 Å². The molecule has 3 aromatic carbocycles. The summed E-state index contributed by atoms with van der Waals surface area (Å²) in [6.07, 6.45) is -3.93. The van der Waals surface area contributed by atoms with Gasteiger partial charge in [-0.15, -0.1) is 0 Å². The van der Waals surface area contributed by atoms with Crippen LogP contribution in [0.2, 0.25) is 10.0 Å². The summed E-state index contributed by atoms with van der Waals surface area (Å²) in [5.74, 6) is 0. The van der Waals surface area contributed by atoms with E-state index in [0.29, 0.717) is 22.2 Å². The van der Waals surface area contributed by atoms with Crippen LogP contribution in [0.5, 0.6) is 0 Å². The highest BCUT2D eigenvalue weighted by atomic mass is 35.5. The first-order valence-corrected chi connectivity index (χ1v) is 9.63. The van der Waals surface area contributed by atoms with Gasteiger partial charge in [0.1, 0.15) is 0 Å². The molecule has 0 N–H and O–H groups in total. The van der Waals surface area contributed by atoms with Gasteiger partial charge in [0.2, 0.25) is 0 Å². The Morgan fingerprint density at radius 3 is 2.31 bits per heavy atom. The molecular weight excluding hydrogens is 420 g/mol. The molecular formula is C22H15Cl2F3N2. The van der Waals surface area contributed by atoms with Gasteiger partial charge in [-0.05, 0) is 47.5 Å². The number of benzene rings is 3. The van der Waals surface area contributed by atoms with Gasteiger partial charge in [-0.1, -0.05) is 59.6 Å². The predicted molar refractivity (Wildman–Crippen MR) is 111 cm³/mol. The van der Waals surface area contributed by atoms with E-state index in [-0.39, 0.29) is 6.04 Å². The molecule has 0 unspecified atom stereocenters. The van der Waals surface area contributed by atoms with E-state index in [1.54, 1.807) is 29.3 Å². The molecule has 148 valence electrons. The van der Waals surface area contributed by atoms with E-state index in [9.17, 15) is 13.2 Å². The average Bonchev–Trinajstić information content (AvgIpc) is 3.13. The Morgan fingerprint density at radius 2 is 1.62 bits per heavy atom. The molecule has 1 atom stereocenters. The lowest BCUT2D eigenvalue weighted by atomic mass is 9.98. The molecule has 1 heterocycles. The van der Waals surface area contributed by atoms with Crippen LogP contribution in [0.3, 0.4) is 0 Å². The number of halogens is 5. The number of hydrazone groups is 1. The molecule has 2 nitrogen and oxygen atoms in total. The van der Waals surface area contributed by atoms with E-state index in [1.165, 1.54) is 6.07 Å². The Labute approximate surface area is 176 Å². The lowest BCUT2D eigenvalue weighted by Crippen LogP contribution is -2.19. The topological polar surface area (TPSA) is 15.6 Å². The van der Waals surface area contributed by atoms with Crippen molar-refractivity contribution in [3.63, 3.8) is 0 Å². The van der Waals surface area contributed by atoms with Gasteiger partial charge in [0.15, 0.2) is 0 Å². The van der Waals surface area contributed by atoms with Crippen LogP contribution in [-0.4, -0.2) is 5.71 Å². The van der Waals surface area contributed by atoms with E-state index in [1.807, 2.05) is 30.3 Å². The van der Waals surface area contributed by atoms with Crippen molar-refractivity contribution in [2.24, 2.45) is 5.10 Å². The summed E-state index contributed by atoms with van der Waals surface area (Å²) in [6, 6.07) is 19.4. The molecule has 0 aliphatic carbocycles. The van der Waals surface area contributed by atoms with Crippen LogP contribution in [0.4, 0.5) is 18.9 Å². The fraction of sp³-hybridized carbons (Fsp3) is 0.136. The van der Waals surface area contributed by atoms with Crippen LogP contribution in [-0.2, 0) is 6.18 Å². The average molecular weight is 435 g/mol. The highest BCUT2D eigenvalue weighted by molar-refractivity contribution is 6.31. The van der Waals surface area contributed by atoms with Gasteiger partial charge in [0.25, 0.3) is 0 Å². The summed E-state index contributed by atoms with van der Waals surface area (Å²) in [7, 11) is 0. The Hall–Kier alpha value is -2.50. The highest BCUT2D eigenvalue weighted by Gasteiger charge is 2.34. The number of rotatable bonds is 3. The monoisotopic (exact) mass is 434 g/mol. The Morgan fingerprint density at radius 1 is 0.897 bits per heavy atom. The van der Waals surface area contributed by atoms with Crippen LogP contribution in [0.1, 0.15) is 29.2 Å². The van der Waals surface area contributed by atoms with Crippen LogP contribution in [0, 0.1) is 0 Å². The molecule has 0 spiro atoms. The zero-order chi connectivity index (χ0) is 20.6. The van der Waals surface area contributed by atoms with E-state index in [4.69, 9.17) is 23.2 Å². The maximum atomic E-state index is 13.2. The normalized spacial score (nSPS) is 16.8. The van der Waals surface area contributed by atoms with Gasteiger partial charge in [0.05, 0.1) is 23.0 Å². The van der Waals surface area contributed by atoms with Crippen molar-refractivity contribution in [2.75, 3.05) is 5.01 Å². The van der Waals surface area contributed by atoms with Crippen molar-refractivity contribution in [2.45, 2.75) is 18.6 Å². The second-order valence-electron chi connectivity index (χ2n) is 6.69. The Bertz CT molecular complexity index is 1060. The zero-order valence-electron chi connectivity index (χ0n) is 15.0. The minimum atomic E-state index is -4.43. The fourth-order valence-corrected chi connectivity index (χ4v) is 3.77. The third-order valence-electron chi connectivity index (χ3n) is 4.79. The van der Waals surface area contributed by atoms with Crippen LogP contribution in [0.25, 0.3) is 0 Å². The molecule has 1 aliphatic rings. The lowest BCUT2D eigenvalue weighted by Gasteiger charge is -2.25. The van der Waals surface area contributed by atoms with Crippen LogP contribution in [0.15, 0.2) is 77.9 Å². The molecule has 7 heteroatoms. The van der Waals surface area contributed by atoms with E-state index in [2.05, 4.69) is 5.10 Å². The maximum Gasteiger partial charge on any atom is 0.416 e. The number of nitrogens with zero attached hydrogens (tertiary/aromatic N) is 2. The quantitative estimate of drug-likeness (QED) is 0.420. The molecule has 0 bridgehead atoms. The van der Waals surface area contributed by atoms with Gasteiger partial charge in [-0.25, -0.2) is 0 Å². The van der Waals surface area contributed by atoms with Gasteiger partial charge < -0.3 is 0 Å². The molecule has 0 saturated carbocycles. The first kappa shape index (κ1) is 19.8. The minimum Gasteiger partial charge on any atom is -0.257 e. The number of alkyl halides is 3. The molecule has 0 amide bonds. The van der Waals surface area contributed by atoms with Gasteiger partial charge in [-0.2, -0.15) is 18.3 Å². The molecule has 4 rings (SSSR count). The molecule has 0 radical (unpaired) electrons. The molecule has 3 aromatic rings. The Kier molecular flexibility index (Phi) is 5.28. The summed E-state index contributed by atoms with van der Waals surface area (Å²) < 4.78 is 39.7. The standard InChI is InChI=1S/C22H15Cl2F3N2/c23-16-10-8-14(9-11-16)20-13-21(18-6-1-2-7-19(18)24)29(28-20)17-5-3-4-15(12-17)22(25,26)27/h1-12,21H,13H2/t21-/m1/s1. The number of anilines is 1. The van der Waals surface area contributed by atoms with Crippen molar-refractivity contribution >= 4 is 34.6 Å². The van der Waals surface area contributed by atoms with Crippen molar-refractivity contribution in [1.29, 1.82) is 0 Å². The fourth-order valence-electron chi connectivity index (χ4n) is 3.38. The van der Waals surface area contributed by atoms with Gasteiger partial charge >= 0.3 is 6.18 Å². The second-order valence-corrected chi connectivity index (χ2v) is 7.53. The third kappa shape index (κ3) is 4.11. The minimum absolute atomic E-state index is 0.321. The van der Waals surface area contributed by atoms with E-state index < -0.39 is 11.7 Å². The van der Waals surface area contributed by atoms with Gasteiger partial charge in [0, 0.05) is 16.5 Å². The molecule has 1 aliphatic heterocycles. The van der Waals surface area contributed by atoms with E-state index >= 15 is 0 Å². The Balaban J connectivity index is 1.80. The van der Waals surface area contributed by atoms with Crippen molar-refractivity contribution in [3.05, 3.63) is 99.5 Å². The summed E-state index contributed by atoms with van der Waals surface area (Å²) in [6.45, 7) is 0. The largest absolute Gasteiger partial charge is 0.416 e. The van der Waals surface area contributed by atoms with Crippen LogP contribution < -0.4 is 5.01 Å². The van der Waals surface area contributed by atoms with Crippen molar-refractivity contribution in [1.82, 2.24) is 0 Å². The second kappa shape index (κ2) is 7.73. The smallest absolute Gasteiger partial charge is 0.257 e. The number of hydrogen-bond acceptors (Lipinski definition) is 2. The zero-order valence-corrected chi connectivity index (χ0v) is 16.5. The van der Waals surface area contributed by atoms with E-state index in [0.717, 1.165) is 29.0 Å². The van der Waals surface area contributed by atoms with Crippen molar-refractivity contribution < 1.29 is 13.2 Å². The summed E-state index contributed by atoms with van der Waals surface area (Å²) in [4.78, 5) is 0. The lowest BCUT2D eigenvalue weighted by molar-refractivity contribution is -0.137.